The maximum Gasteiger partial charge on any atom is 0.354 e. The van der Waals surface area contributed by atoms with E-state index in [1.165, 1.54) is 12.3 Å². The molecule has 0 saturated heterocycles. The second kappa shape index (κ2) is 2.44. The molecular weight excluding hydrogens is 172 g/mol. The number of rotatable bonds is 1. The molecule has 13 heavy (non-hydrogen) atoms. The highest BCUT2D eigenvalue weighted by molar-refractivity contribution is 5.87. The summed E-state index contributed by atoms with van der Waals surface area (Å²) in [5.41, 5.74) is 1.08. The zero-order chi connectivity index (χ0) is 9.42. The number of hydrogen-bond acceptors (Lipinski definition) is 4. The van der Waals surface area contributed by atoms with E-state index in [-0.39, 0.29) is 5.69 Å². The summed E-state index contributed by atoms with van der Waals surface area (Å²) in [6.07, 6.45) is 1.42. The molecule has 0 spiro atoms. The summed E-state index contributed by atoms with van der Waals surface area (Å²) >= 11 is 0. The number of carbonyl (C=O) groups is 1. The van der Waals surface area contributed by atoms with E-state index in [4.69, 9.17) is 10.9 Å². The molecule has 2 aliphatic heterocycles. The first-order valence-corrected chi connectivity index (χ1v) is 3.51. The first kappa shape index (κ1) is 7.53. The van der Waals surface area contributed by atoms with Crippen molar-refractivity contribution >= 4 is 5.97 Å². The van der Waals surface area contributed by atoms with Crippen LogP contribution in [0.2, 0.25) is 0 Å². The quantitative estimate of drug-likeness (QED) is 0.589. The lowest BCUT2D eigenvalue weighted by molar-refractivity contribution is 0.0686. The van der Waals surface area contributed by atoms with Crippen molar-refractivity contribution < 1.29 is 9.90 Å². The lowest BCUT2D eigenvalue weighted by Crippen LogP contribution is -2.20. The number of aromatic nitrogens is 3. The number of nitrogen functional groups attached to an aromatic ring is 1. The van der Waals surface area contributed by atoms with E-state index in [1.54, 1.807) is 6.07 Å². The molecular formula is C7H6N4O2. The number of pyridine rings is 1. The van der Waals surface area contributed by atoms with E-state index in [0.717, 1.165) is 4.68 Å². The molecule has 0 amide bonds. The van der Waals surface area contributed by atoms with Gasteiger partial charge in [-0.15, -0.1) is 5.10 Å². The Morgan fingerprint density at radius 2 is 2.31 bits per heavy atom. The molecule has 0 atom stereocenters. The Morgan fingerprint density at radius 3 is 3.00 bits per heavy atom. The van der Waals surface area contributed by atoms with Crippen molar-refractivity contribution in [3.63, 3.8) is 0 Å². The van der Waals surface area contributed by atoms with E-state index in [0.29, 0.717) is 11.4 Å². The van der Waals surface area contributed by atoms with E-state index in [9.17, 15) is 4.79 Å². The topological polar surface area (TPSA) is 94.0 Å². The Kier molecular flexibility index (Phi) is 1.42. The number of fused-ring (bicyclic) bond motifs is 1. The van der Waals surface area contributed by atoms with Crippen molar-refractivity contribution in [2.45, 2.75) is 0 Å². The van der Waals surface area contributed by atoms with Crippen LogP contribution in [0, 0.1) is 0 Å². The molecule has 6 heteroatoms. The van der Waals surface area contributed by atoms with Crippen LogP contribution < -0.4 is 5.84 Å². The van der Waals surface area contributed by atoms with E-state index in [1.807, 2.05) is 0 Å². The molecule has 0 saturated carbocycles. The van der Waals surface area contributed by atoms with Crippen molar-refractivity contribution in [3.8, 4) is 11.4 Å². The number of carboxylic acids is 1. The second-order valence-corrected chi connectivity index (χ2v) is 2.51. The van der Waals surface area contributed by atoms with Crippen molar-refractivity contribution in [1.29, 1.82) is 0 Å². The number of carboxylic acid groups (broad SMARTS) is 1. The lowest BCUT2D eigenvalue weighted by atomic mass is 10.2. The predicted octanol–water partition coefficient (Wildman–Crippen LogP) is -0.205. The van der Waals surface area contributed by atoms with Gasteiger partial charge in [0.1, 0.15) is 17.1 Å². The summed E-state index contributed by atoms with van der Waals surface area (Å²) in [4.78, 5) is 10.6. The Balaban J connectivity index is 2.74. The van der Waals surface area contributed by atoms with Gasteiger partial charge in [0.05, 0.1) is 6.20 Å². The van der Waals surface area contributed by atoms with Gasteiger partial charge in [0.2, 0.25) is 0 Å². The SMILES string of the molecule is Nn1c(C(=O)O)ccc2nncc1-2. The third-order valence-electron chi connectivity index (χ3n) is 1.75. The highest BCUT2D eigenvalue weighted by Gasteiger charge is 2.14. The van der Waals surface area contributed by atoms with E-state index >= 15 is 0 Å². The molecule has 0 aromatic carbocycles. The maximum absolute atomic E-state index is 10.6. The van der Waals surface area contributed by atoms with Crippen LogP contribution in [0.15, 0.2) is 18.3 Å². The average Bonchev–Trinajstić information content (AvgIpc) is 2.52. The summed E-state index contributed by atoms with van der Waals surface area (Å²) in [6, 6.07) is 2.95. The van der Waals surface area contributed by atoms with Crippen molar-refractivity contribution in [2.75, 3.05) is 5.84 Å². The zero-order valence-electron chi connectivity index (χ0n) is 6.51. The van der Waals surface area contributed by atoms with Crippen LogP contribution >= 0.6 is 0 Å². The minimum Gasteiger partial charge on any atom is -0.477 e. The van der Waals surface area contributed by atoms with Gasteiger partial charge in [-0.1, -0.05) is 0 Å². The Bertz CT molecular complexity index is 436. The molecule has 2 heterocycles. The molecule has 0 unspecified atom stereocenters. The lowest BCUT2D eigenvalue weighted by Gasteiger charge is -2.07. The number of aromatic carboxylic acids is 1. The van der Waals surface area contributed by atoms with Crippen LogP contribution in [0.1, 0.15) is 10.5 Å². The average molecular weight is 178 g/mol. The van der Waals surface area contributed by atoms with Crippen molar-refractivity contribution in [2.24, 2.45) is 0 Å². The van der Waals surface area contributed by atoms with E-state index < -0.39 is 5.97 Å². The van der Waals surface area contributed by atoms with Crippen LogP contribution in [-0.2, 0) is 0 Å². The fourth-order valence-corrected chi connectivity index (χ4v) is 1.11. The van der Waals surface area contributed by atoms with Crippen LogP contribution in [0.5, 0.6) is 0 Å². The standard InChI is InChI=1S/C7H6N4O2/c8-11-5(7(12)13)2-1-4-6(11)3-9-10-4/h1-3H,8H2,(H,12,13). The highest BCUT2D eigenvalue weighted by atomic mass is 16.4. The molecule has 0 aromatic rings. The largest absolute Gasteiger partial charge is 0.477 e. The normalized spacial score (nSPS) is 10.5. The zero-order valence-corrected chi connectivity index (χ0v) is 6.51. The van der Waals surface area contributed by atoms with Gasteiger partial charge in [-0.3, -0.25) is 4.68 Å². The number of nitrogens with two attached hydrogens (primary N) is 1. The van der Waals surface area contributed by atoms with Gasteiger partial charge in [0.15, 0.2) is 0 Å². The summed E-state index contributed by atoms with van der Waals surface area (Å²) in [5, 5.41) is 16.1. The molecule has 0 bridgehead atoms. The molecule has 0 fully saturated rings. The highest BCUT2D eigenvalue weighted by Crippen LogP contribution is 2.17. The van der Waals surface area contributed by atoms with Crippen molar-refractivity contribution in [1.82, 2.24) is 14.9 Å². The Morgan fingerprint density at radius 1 is 1.54 bits per heavy atom. The first-order valence-electron chi connectivity index (χ1n) is 3.51. The summed E-state index contributed by atoms with van der Waals surface area (Å²) in [5.74, 6) is 4.44. The maximum atomic E-state index is 10.6. The predicted molar refractivity (Wildman–Crippen MR) is 43.8 cm³/mol. The number of hydrogen-bond donors (Lipinski definition) is 2. The van der Waals surface area contributed by atoms with Gasteiger partial charge in [-0.25, -0.2) is 4.79 Å². The minimum atomic E-state index is -1.08. The molecule has 2 aliphatic rings. The molecule has 0 radical (unpaired) electrons. The van der Waals surface area contributed by atoms with Gasteiger partial charge in [-0.2, -0.15) is 5.10 Å². The monoisotopic (exact) mass is 178 g/mol. The van der Waals surface area contributed by atoms with Crippen LogP contribution in [-0.4, -0.2) is 25.9 Å². The summed E-state index contributed by atoms with van der Waals surface area (Å²) in [6.45, 7) is 0. The first-order chi connectivity index (χ1) is 6.20. The molecule has 3 N–H and O–H groups in total. The van der Waals surface area contributed by atoms with Gasteiger partial charge in [0, 0.05) is 0 Å². The molecule has 0 aromatic heterocycles. The fraction of sp³-hybridized carbons (Fsp3) is 0. The van der Waals surface area contributed by atoms with Gasteiger partial charge in [0.25, 0.3) is 0 Å². The van der Waals surface area contributed by atoms with Crippen LogP contribution in [0.3, 0.4) is 0 Å². The smallest absolute Gasteiger partial charge is 0.354 e. The second-order valence-electron chi connectivity index (χ2n) is 2.51. The molecule has 2 rings (SSSR count). The van der Waals surface area contributed by atoms with Gasteiger partial charge >= 0.3 is 5.97 Å². The third-order valence-corrected chi connectivity index (χ3v) is 1.75. The van der Waals surface area contributed by atoms with Gasteiger partial charge < -0.3 is 10.9 Å². The Hall–Kier alpha value is -2.11. The van der Waals surface area contributed by atoms with Crippen LogP contribution in [0.4, 0.5) is 0 Å². The number of nitrogens with zero attached hydrogens (tertiary/aromatic N) is 3. The summed E-state index contributed by atoms with van der Waals surface area (Å²) in [7, 11) is 0. The van der Waals surface area contributed by atoms with Gasteiger partial charge in [-0.05, 0) is 12.1 Å². The third kappa shape index (κ3) is 0.994. The molecule has 66 valence electrons. The van der Waals surface area contributed by atoms with Crippen LogP contribution in [0.25, 0.3) is 11.4 Å². The molecule has 0 aliphatic carbocycles. The minimum absolute atomic E-state index is 0.00213. The fourth-order valence-electron chi connectivity index (χ4n) is 1.11. The molecule has 6 nitrogen and oxygen atoms in total. The van der Waals surface area contributed by atoms with E-state index in [2.05, 4.69) is 10.2 Å². The summed E-state index contributed by atoms with van der Waals surface area (Å²) < 4.78 is 1.05. The van der Waals surface area contributed by atoms with Crippen molar-refractivity contribution in [3.05, 3.63) is 24.0 Å². The Labute approximate surface area is 72.9 Å².